The number of likely N-dealkylation sites (N-methyl/N-ethyl adjacent to an activating group) is 1. The van der Waals surface area contributed by atoms with Gasteiger partial charge in [0.1, 0.15) is 0 Å². The number of rotatable bonds is 3. The van der Waals surface area contributed by atoms with Crippen LogP contribution in [-0.2, 0) is 0 Å². The lowest BCUT2D eigenvalue weighted by Crippen LogP contribution is -2.28. The standard InChI is InChI=1S/C35H34N2OS/c1-5-37-32(39-30-17-15-26-11-7-9-13-28(26)34(30)37)20-24-18-23(21-35(2,3)22-24)19-31-36(4)33-27-12-8-6-10-25(27)14-16-29(33)38-31/h6-20,32H,5,21-22H2,1-4H3. The number of fused-ring (bicyclic) bond motifs is 6. The third kappa shape index (κ3) is 4.22. The van der Waals surface area contributed by atoms with E-state index < -0.39 is 0 Å². The highest BCUT2D eigenvalue weighted by atomic mass is 32.2. The van der Waals surface area contributed by atoms with Crippen molar-refractivity contribution in [3.8, 4) is 5.75 Å². The van der Waals surface area contributed by atoms with E-state index in [1.807, 2.05) is 11.8 Å². The number of hydrogen-bond acceptors (Lipinski definition) is 4. The maximum absolute atomic E-state index is 6.40. The molecule has 2 heterocycles. The molecule has 0 bridgehead atoms. The fourth-order valence-electron chi connectivity index (χ4n) is 6.54. The lowest BCUT2D eigenvalue weighted by molar-refractivity contribution is 0.353. The van der Waals surface area contributed by atoms with E-state index in [4.69, 9.17) is 4.74 Å². The number of thioether (sulfide) groups is 1. The van der Waals surface area contributed by atoms with E-state index in [1.54, 1.807) is 0 Å². The van der Waals surface area contributed by atoms with Crippen molar-refractivity contribution in [2.45, 2.75) is 43.9 Å². The third-order valence-corrected chi connectivity index (χ3v) is 9.41. The maximum atomic E-state index is 6.40. The Labute approximate surface area is 235 Å². The fraction of sp³-hybridized carbons (Fsp3) is 0.257. The maximum Gasteiger partial charge on any atom is 0.200 e. The smallest absolute Gasteiger partial charge is 0.200 e. The topological polar surface area (TPSA) is 15.7 Å². The van der Waals surface area contributed by atoms with Gasteiger partial charge in [0.25, 0.3) is 0 Å². The summed E-state index contributed by atoms with van der Waals surface area (Å²) in [7, 11) is 2.12. The molecule has 4 aromatic rings. The van der Waals surface area contributed by atoms with Crippen LogP contribution in [0.1, 0.15) is 33.6 Å². The normalized spacial score (nSPS) is 21.9. The van der Waals surface area contributed by atoms with Crippen LogP contribution in [0, 0.1) is 5.41 Å². The molecule has 0 N–H and O–H groups in total. The highest BCUT2D eigenvalue weighted by molar-refractivity contribution is 8.00. The molecule has 4 heteroatoms. The first-order valence-electron chi connectivity index (χ1n) is 13.9. The molecular weight excluding hydrogens is 496 g/mol. The quantitative estimate of drug-likeness (QED) is 0.262. The summed E-state index contributed by atoms with van der Waals surface area (Å²) in [6, 6.07) is 26.1. The number of benzene rings is 4. The molecule has 2 aliphatic heterocycles. The van der Waals surface area contributed by atoms with Gasteiger partial charge in [-0.25, -0.2) is 0 Å². The molecule has 0 radical (unpaired) electrons. The van der Waals surface area contributed by atoms with Gasteiger partial charge < -0.3 is 14.5 Å². The molecule has 4 aromatic carbocycles. The van der Waals surface area contributed by atoms with Gasteiger partial charge in [-0.3, -0.25) is 0 Å². The van der Waals surface area contributed by atoms with E-state index in [2.05, 4.69) is 129 Å². The number of ether oxygens (including phenoxy) is 1. The zero-order chi connectivity index (χ0) is 26.7. The molecule has 39 heavy (non-hydrogen) atoms. The van der Waals surface area contributed by atoms with E-state index in [0.29, 0.717) is 5.37 Å². The van der Waals surface area contributed by atoms with Gasteiger partial charge in [0.05, 0.1) is 16.7 Å². The van der Waals surface area contributed by atoms with Crippen molar-refractivity contribution in [3.63, 3.8) is 0 Å². The summed E-state index contributed by atoms with van der Waals surface area (Å²) in [6.07, 6.45) is 9.27. The molecule has 1 atom stereocenters. The number of allylic oxidation sites excluding steroid dienone is 4. The van der Waals surface area contributed by atoms with Gasteiger partial charge in [-0.2, -0.15) is 0 Å². The first-order valence-corrected chi connectivity index (χ1v) is 14.8. The molecule has 0 saturated carbocycles. The Balaban J connectivity index is 1.23. The lowest BCUT2D eigenvalue weighted by atomic mass is 9.75. The Kier molecular flexibility index (Phi) is 5.78. The summed E-state index contributed by atoms with van der Waals surface area (Å²) in [4.78, 5) is 6.15. The van der Waals surface area contributed by atoms with Gasteiger partial charge in [-0.05, 0) is 65.3 Å². The average molecular weight is 531 g/mol. The van der Waals surface area contributed by atoms with Crippen LogP contribution < -0.4 is 14.5 Å². The summed E-state index contributed by atoms with van der Waals surface area (Å²) in [6.45, 7) is 8.02. The van der Waals surface area contributed by atoms with Crippen molar-refractivity contribution in [2.75, 3.05) is 23.4 Å². The van der Waals surface area contributed by atoms with E-state index >= 15 is 0 Å². The van der Waals surface area contributed by atoms with Crippen LogP contribution in [-0.4, -0.2) is 19.0 Å². The molecule has 1 unspecified atom stereocenters. The van der Waals surface area contributed by atoms with E-state index in [0.717, 1.165) is 36.7 Å². The first-order chi connectivity index (χ1) is 18.9. The Morgan fingerprint density at radius 1 is 0.897 bits per heavy atom. The fourth-order valence-corrected chi connectivity index (χ4v) is 7.91. The second kappa shape index (κ2) is 9.24. The van der Waals surface area contributed by atoms with Crippen LogP contribution in [0.2, 0.25) is 0 Å². The number of hydrogen-bond donors (Lipinski definition) is 0. The summed E-state index contributed by atoms with van der Waals surface area (Å²) in [5.41, 5.74) is 5.45. The minimum atomic E-state index is 0.184. The molecule has 7 rings (SSSR count). The predicted molar refractivity (Wildman–Crippen MR) is 167 cm³/mol. The van der Waals surface area contributed by atoms with Crippen molar-refractivity contribution < 1.29 is 4.74 Å². The van der Waals surface area contributed by atoms with Crippen molar-refractivity contribution in [2.24, 2.45) is 5.41 Å². The van der Waals surface area contributed by atoms with Gasteiger partial charge in [0.15, 0.2) is 5.75 Å². The zero-order valence-electron chi connectivity index (χ0n) is 23.1. The van der Waals surface area contributed by atoms with Crippen molar-refractivity contribution in [1.82, 2.24) is 0 Å². The summed E-state index contributed by atoms with van der Waals surface area (Å²) in [5.74, 6) is 1.83. The minimum absolute atomic E-state index is 0.184. The minimum Gasteiger partial charge on any atom is -0.439 e. The zero-order valence-corrected chi connectivity index (χ0v) is 23.9. The van der Waals surface area contributed by atoms with Crippen LogP contribution >= 0.6 is 11.8 Å². The van der Waals surface area contributed by atoms with Crippen LogP contribution in [0.25, 0.3) is 21.5 Å². The Hall–Kier alpha value is -3.63. The summed E-state index contributed by atoms with van der Waals surface area (Å²) >= 11 is 1.98. The Morgan fingerprint density at radius 3 is 2.33 bits per heavy atom. The van der Waals surface area contributed by atoms with E-state index in [1.165, 1.54) is 43.3 Å². The van der Waals surface area contributed by atoms with Crippen LogP contribution in [0.4, 0.5) is 11.4 Å². The summed E-state index contributed by atoms with van der Waals surface area (Å²) < 4.78 is 6.40. The molecule has 0 spiro atoms. The first kappa shape index (κ1) is 24.4. The van der Waals surface area contributed by atoms with Gasteiger partial charge >= 0.3 is 0 Å². The van der Waals surface area contributed by atoms with Gasteiger partial charge in [0.2, 0.25) is 5.88 Å². The molecule has 196 valence electrons. The van der Waals surface area contributed by atoms with Crippen LogP contribution in [0.5, 0.6) is 5.75 Å². The SMILES string of the molecule is CCN1c2c(ccc3ccccc23)SC1C=C1C=C(C=C2Oc3ccc4ccccc4c3N2C)CC(C)(C)C1. The van der Waals surface area contributed by atoms with Crippen LogP contribution in [0.15, 0.2) is 113 Å². The molecule has 3 aliphatic rings. The van der Waals surface area contributed by atoms with Gasteiger partial charge in [-0.15, -0.1) is 0 Å². The molecular formula is C35H34N2OS. The third-order valence-electron chi connectivity index (χ3n) is 8.19. The van der Waals surface area contributed by atoms with Crippen molar-refractivity contribution in [3.05, 3.63) is 108 Å². The number of anilines is 2. The van der Waals surface area contributed by atoms with Gasteiger partial charge in [-0.1, -0.05) is 92.3 Å². The second-order valence-corrected chi connectivity index (χ2v) is 12.8. The highest BCUT2D eigenvalue weighted by Gasteiger charge is 2.32. The van der Waals surface area contributed by atoms with Crippen molar-refractivity contribution >= 4 is 44.7 Å². The lowest BCUT2D eigenvalue weighted by Gasteiger charge is -2.32. The number of nitrogens with zero attached hydrogens (tertiary/aromatic N) is 2. The molecule has 0 aromatic heterocycles. The molecule has 0 fully saturated rings. The second-order valence-electron chi connectivity index (χ2n) is 11.7. The Bertz CT molecular complexity index is 1710. The molecule has 0 saturated heterocycles. The van der Waals surface area contributed by atoms with Crippen molar-refractivity contribution in [1.29, 1.82) is 0 Å². The monoisotopic (exact) mass is 530 g/mol. The summed E-state index contributed by atoms with van der Waals surface area (Å²) in [5, 5.41) is 5.42. The average Bonchev–Trinajstić information content (AvgIpc) is 3.44. The van der Waals surface area contributed by atoms with E-state index in [9.17, 15) is 0 Å². The highest BCUT2D eigenvalue weighted by Crippen LogP contribution is 2.49. The predicted octanol–water partition coefficient (Wildman–Crippen LogP) is 9.29. The van der Waals surface area contributed by atoms with Crippen LogP contribution in [0.3, 0.4) is 0 Å². The Morgan fingerprint density at radius 2 is 1.59 bits per heavy atom. The molecule has 3 nitrogen and oxygen atoms in total. The van der Waals surface area contributed by atoms with E-state index in [-0.39, 0.29) is 5.41 Å². The van der Waals surface area contributed by atoms with Gasteiger partial charge in [0, 0.05) is 35.3 Å². The molecule has 1 aliphatic carbocycles. The molecule has 0 amide bonds. The largest absolute Gasteiger partial charge is 0.439 e.